The lowest BCUT2D eigenvalue weighted by atomic mass is 10.1. The molecule has 104 valence electrons. The summed E-state index contributed by atoms with van der Waals surface area (Å²) >= 11 is 6.07. The Bertz CT molecular complexity index is 572. The Kier molecular flexibility index (Phi) is 5.13. The molecule has 0 unspecified atom stereocenters. The van der Waals surface area contributed by atoms with E-state index in [2.05, 4.69) is 4.98 Å². The Morgan fingerprint density at radius 2 is 1.90 bits per heavy atom. The lowest BCUT2D eigenvalue weighted by Crippen LogP contribution is -2.30. The minimum atomic E-state index is 0.0761. The van der Waals surface area contributed by atoms with E-state index in [-0.39, 0.29) is 5.91 Å². The number of pyridine rings is 1. The minimum Gasteiger partial charge on any atom is -0.345 e. The average molecular weight is 289 g/mol. The molecule has 1 heterocycles. The lowest BCUT2D eigenvalue weighted by Gasteiger charge is -2.17. The average Bonchev–Trinajstić information content (AvgIpc) is 2.48. The molecule has 0 bridgehead atoms. The number of carbonyl (C=O) groups excluding carboxylic acids is 1. The predicted octanol–water partition coefficient (Wildman–Crippen LogP) is 2.98. The summed E-state index contributed by atoms with van der Waals surface area (Å²) in [5, 5.41) is 0.642. The molecular formula is C16H17ClN2O. The molecule has 0 saturated carbocycles. The van der Waals surface area contributed by atoms with Gasteiger partial charge in [0.05, 0.1) is 6.42 Å². The van der Waals surface area contributed by atoms with E-state index in [9.17, 15) is 4.79 Å². The van der Waals surface area contributed by atoms with Gasteiger partial charge in [0.25, 0.3) is 0 Å². The zero-order valence-electron chi connectivity index (χ0n) is 11.4. The van der Waals surface area contributed by atoms with Gasteiger partial charge in [0, 0.05) is 31.0 Å². The van der Waals surface area contributed by atoms with Crippen LogP contribution in [0, 0.1) is 0 Å². The Labute approximate surface area is 124 Å². The number of hydrogen-bond acceptors (Lipinski definition) is 2. The van der Waals surface area contributed by atoms with Crippen LogP contribution in [0.5, 0.6) is 0 Å². The van der Waals surface area contributed by atoms with Crippen LogP contribution < -0.4 is 0 Å². The number of amides is 1. The zero-order valence-corrected chi connectivity index (χ0v) is 12.2. The van der Waals surface area contributed by atoms with Crippen molar-refractivity contribution in [1.29, 1.82) is 0 Å². The molecule has 0 N–H and O–H groups in total. The predicted molar refractivity (Wildman–Crippen MR) is 80.7 cm³/mol. The maximum Gasteiger partial charge on any atom is 0.226 e. The van der Waals surface area contributed by atoms with Crippen LogP contribution >= 0.6 is 11.6 Å². The van der Waals surface area contributed by atoms with Crippen LogP contribution in [0.1, 0.15) is 11.1 Å². The Morgan fingerprint density at radius 3 is 2.60 bits per heavy atom. The highest BCUT2D eigenvalue weighted by atomic mass is 35.5. The molecule has 20 heavy (non-hydrogen) atoms. The first kappa shape index (κ1) is 14.5. The van der Waals surface area contributed by atoms with Gasteiger partial charge in [-0.25, -0.2) is 0 Å². The van der Waals surface area contributed by atoms with Crippen molar-refractivity contribution >= 4 is 17.5 Å². The molecule has 4 heteroatoms. The molecule has 0 spiro atoms. The summed E-state index contributed by atoms with van der Waals surface area (Å²) in [5.74, 6) is 0.0761. The number of carbonyl (C=O) groups is 1. The first-order chi connectivity index (χ1) is 9.66. The van der Waals surface area contributed by atoms with Gasteiger partial charge in [0.15, 0.2) is 0 Å². The zero-order chi connectivity index (χ0) is 14.4. The molecule has 0 fully saturated rings. The minimum absolute atomic E-state index is 0.0761. The molecule has 0 saturated heterocycles. The van der Waals surface area contributed by atoms with Gasteiger partial charge in [-0.05, 0) is 35.7 Å². The van der Waals surface area contributed by atoms with Crippen LogP contribution in [0.25, 0.3) is 0 Å². The van der Waals surface area contributed by atoms with Crippen molar-refractivity contribution in [2.45, 2.75) is 12.8 Å². The molecular weight excluding hydrogens is 272 g/mol. The third-order valence-corrected chi connectivity index (χ3v) is 3.58. The first-order valence-electron chi connectivity index (χ1n) is 6.53. The van der Waals surface area contributed by atoms with E-state index in [0.29, 0.717) is 18.0 Å². The smallest absolute Gasteiger partial charge is 0.226 e. The molecule has 0 atom stereocenters. The second-order valence-corrected chi connectivity index (χ2v) is 5.10. The van der Waals surface area contributed by atoms with Crippen molar-refractivity contribution in [2.24, 2.45) is 0 Å². The van der Waals surface area contributed by atoms with Gasteiger partial charge in [-0.3, -0.25) is 9.78 Å². The Morgan fingerprint density at radius 1 is 1.20 bits per heavy atom. The third-order valence-electron chi connectivity index (χ3n) is 3.21. The standard InChI is InChI=1S/C16H17ClN2O/c1-19(11-8-13-6-9-18-10-7-13)16(20)12-14-4-2-3-5-15(14)17/h2-7,9-10H,8,11-12H2,1H3. The summed E-state index contributed by atoms with van der Waals surface area (Å²) in [6, 6.07) is 11.4. The highest BCUT2D eigenvalue weighted by molar-refractivity contribution is 6.31. The molecule has 0 aliphatic rings. The Hall–Kier alpha value is -1.87. The van der Waals surface area contributed by atoms with Crippen LogP contribution in [0.15, 0.2) is 48.8 Å². The monoisotopic (exact) mass is 288 g/mol. The highest BCUT2D eigenvalue weighted by Crippen LogP contribution is 2.16. The molecule has 2 rings (SSSR count). The molecule has 1 aromatic carbocycles. The molecule has 1 aromatic heterocycles. The normalized spacial score (nSPS) is 10.3. The van der Waals surface area contributed by atoms with Gasteiger partial charge in [-0.2, -0.15) is 0 Å². The van der Waals surface area contributed by atoms with Gasteiger partial charge in [0.2, 0.25) is 5.91 Å². The molecule has 0 aliphatic heterocycles. The SMILES string of the molecule is CN(CCc1ccncc1)C(=O)Cc1ccccc1Cl. The van der Waals surface area contributed by atoms with E-state index in [1.165, 1.54) is 5.56 Å². The van der Waals surface area contributed by atoms with Gasteiger partial charge in [0.1, 0.15) is 0 Å². The molecule has 0 aliphatic carbocycles. The quantitative estimate of drug-likeness (QED) is 0.847. The fraction of sp³-hybridized carbons (Fsp3) is 0.250. The van der Waals surface area contributed by atoms with E-state index in [0.717, 1.165) is 12.0 Å². The summed E-state index contributed by atoms with van der Waals surface area (Å²) in [4.78, 5) is 17.9. The summed E-state index contributed by atoms with van der Waals surface area (Å²) in [6.45, 7) is 0.688. The van der Waals surface area contributed by atoms with Crippen LogP contribution in [-0.4, -0.2) is 29.4 Å². The molecule has 0 radical (unpaired) electrons. The van der Waals surface area contributed by atoms with Crippen molar-refractivity contribution in [3.63, 3.8) is 0 Å². The van der Waals surface area contributed by atoms with Crippen molar-refractivity contribution in [3.05, 3.63) is 64.9 Å². The van der Waals surface area contributed by atoms with Crippen LogP contribution in [0.4, 0.5) is 0 Å². The summed E-state index contributed by atoms with van der Waals surface area (Å²) < 4.78 is 0. The maximum atomic E-state index is 12.1. The van der Waals surface area contributed by atoms with Gasteiger partial charge in [-0.15, -0.1) is 0 Å². The van der Waals surface area contributed by atoms with E-state index >= 15 is 0 Å². The molecule has 3 nitrogen and oxygen atoms in total. The van der Waals surface area contributed by atoms with Crippen molar-refractivity contribution < 1.29 is 4.79 Å². The van der Waals surface area contributed by atoms with E-state index in [4.69, 9.17) is 11.6 Å². The summed E-state index contributed by atoms with van der Waals surface area (Å²) in [7, 11) is 1.82. The van der Waals surface area contributed by atoms with Crippen molar-refractivity contribution in [1.82, 2.24) is 9.88 Å². The second-order valence-electron chi connectivity index (χ2n) is 4.69. The fourth-order valence-electron chi connectivity index (χ4n) is 1.91. The van der Waals surface area contributed by atoms with E-state index in [1.54, 1.807) is 23.4 Å². The topological polar surface area (TPSA) is 33.2 Å². The largest absolute Gasteiger partial charge is 0.345 e. The first-order valence-corrected chi connectivity index (χ1v) is 6.91. The van der Waals surface area contributed by atoms with Crippen LogP contribution in [0.2, 0.25) is 5.02 Å². The van der Waals surface area contributed by atoms with Gasteiger partial charge < -0.3 is 4.90 Å². The Balaban J connectivity index is 1.88. The van der Waals surface area contributed by atoms with Crippen LogP contribution in [0.3, 0.4) is 0 Å². The van der Waals surface area contributed by atoms with Gasteiger partial charge in [-0.1, -0.05) is 29.8 Å². The number of benzene rings is 1. The highest BCUT2D eigenvalue weighted by Gasteiger charge is 2.11. The van der Waals surface area contributed by atoms with E-state index < -0.39 is 0 Å². The summed E-state index contributed by atoms with van der Waals surface area (Å²) in [6.07, 6.45) is 4.70. The second kappa shape index (κ2) is 7.06. The van der Waals surface area contributed by atoms with Gasteiger partial charge >= 0.3 is 0 Å². The number of rotatable bonds is 5. The van der Waals surface area contributed by atoms with Crippen molar-refractivity contribution in [2.75, 3.05) is 13.6 Å². The van der Waals surface area contributed by atoms with E-state index in [1.807, 2.05) is 37.4 Å². The number of hydrogen-bond donors (Lipinski definition) is 0. The number of halogens is 1. The van der Waals surface area contributed by atoms with Crippen molar-refractivity contribution in [3.8, 4) is 0 Å². The molecule has 1 amide bonds. The number of aromatic nitrogens is 1. The number of nitrogens with zero attached hydrogens (tertiary/aromatic N) is 2. The maximum absolute atomic E-state index is 12.1. The third kappa shape index (κ3) is 4.07. The molecule has 2 aromatic rings. The number of likely N-dealkylation sites (N-methyl/N-ethyl adjacent to an activating group) is 1. The fourth-order valence-corrected chi connectivity index (χ4v) is 2.11. The van der Waals surface area contributed by atoms with Crippen LogP contribution in [-0.2, 0) is 17.6 Å². The summed E-state index contributed by atoms with van der Waals surface area (Å²) in [5.41, 5.74) is 2.05. The lowest BCUT2D eigenvalue weighted by molar-refractivity contribution is -0.129.